The predicted octanol–water partition coefficient (Wildman–Crippen LogP) is -0.262. The highest BCUT2D eigenvalue weighted by Crippen LogP contribution is 2.20. The van der Waals surface area contributed by atoms with Crippen LogP contribution in [0.2, 0.25) is 0 Å². The first kappa shape index (κ1) is 10.9. The van der Waals surface area contributed by atoms with E-state index in [0.717, 1.165) is 13.1 Å². The van der Waals surface area contributed by atoms with E-state index in [4.69, 9.17) is 0 Å². The van der Waals surface area contributed by atoms with Gasteiger partial charge in [0.15, 0.2) is 0 Å². The summed E-state index contributed by atoms with van der Waals surface area (Å²) in [6.45, 7) is 4.84. The monoisotopic (exact) mass is 206 g/mol. The molecular weight excluding hydrogens is 188 g/mol. The lowest BCUT2D eigenvalue weighted by Crippen LogP contribution is -2.34. The van der Waals surface area contributed by atoms with E-state index in [1.807, 2.05) is 0 Å². The van der Waals surface area contributed by atoms with E-state index >= 15 is 0 Å². The van der Waals surface area contributed by atoms with Crippen LogP contribution in [0.1, 0.15) is 19.8 Å². The molecule has 1 saturated heterocycles. The van der Waals surface area contributed by atoms with E-state index in [9.17, 15) is 8.42 Å². The van der Waals surface area contributed by atoms with Crippen molar-refractivity contribution in [3.63, 3.8) is 0 Å². The van der Waals surface area contributed by atoms with Crippen molar-refractivity contribution in [2.75, 3.05) is 19.6 Å². The van der Waals surface area contributed by atoms with Gasteiger partial charge in [0.1, 0.15) is 0 Å². The van der Waals surface area contributed by atoms with Crippen molar-refractivity contribution in [2.24, 2.45) is 11.8 Å². The van der Waals surface area contributed by atoms with E-state index in [0.29, 0.717) is 18.4 Å². The van der Waals surface area contributed by atoms with Crippen molar-refractivity contribution in [3.8, 4) is 0 Å². The van der Waals surface area contributed by atoms with Crippen LogP contribution >= 0.6 is 0 Å². The maximum Gasteiger partial charge on any atom is 0.201 e. The smallest absolute Gasteiger partial charge is 0.201 e. The van der Waals surface area contributed by atoms with Crippen molar-refractivity contribution in [2.45, 2.75) is 19.8 Å². The van der Waals surface area contributed by atoms with Gasteiger partial charge in [-0.25, -0.2) is 13.1 Å². The zero-order chi connectivity index (χ0) is 9.68. The Labute approximate surface area is 81.2 Å². The third-order valence-corrected chi connectivity index (χ3v) is 3.17. The van der Waals surface area contributed by atoms with Crippen LogP contribution in [-0.2, 0) is 10.9 Å². The van der Waals surface area contributed by atoms with Crippen molar-refractivity contribution in [1.82, 2.24) is 10.0 Å². The van der Waals surface area contributed by atoms with Gasteiger partial charge < -0.3 is 5.32 Å². The molecule has 13 heavy (non-hydrogen) atoms. The van der Waals surface area contributed by atoms with Crippen molar-refractivity contribution >= 4 is 10.9 Å². The lowest BCUT2D eigenvalue weighted by molar-refractivity contribution is 0.276. The third-order valence-electron chi connectivity index (χ3n) is 2.73. The lowest BCUT2D eigenvalue weighted by Gasteiger charge is -2.27. The molecule has 0 aromatic heterocycles. The van der Waals surface area contributed by atoms with E-state index in [1.165, 1.54) is 12.8 Å². The largest absolute Gasteiger partial charge is 0.317 e. The summed E-state index contributed by atoms with van der Waals surface area (Å²) in [6, 6.07) is 0. The molecule has 4 nitrogen and oxygen atoms in total. The highest BCUT2D eigenvalue weighted by molar-refractivity contribution is 7.70. The van der Waals surface area contributed by atoms with Crippen LogP contribution in [0.15, 0.2) is 0 Å². The highest BCUT2D eigenvalue weighted by Gasteiger charge is 2.19. The fourth-order valence-corrected chi connectivity index (χ4v) is 2.24. The number of nitrogens with one attached hydrogen (secondary N) is 2. The quantitative estimate of drug-likeness (QED) is 0.555. The molecule has 1 heterocycles. The Kier molecular flexibility index (Phi) is 4.69. The summed E-state index contributed by atoms with van der Waals surface area (Å²) in [4.78, 5) is 0. The van der Waals surface area contributed by atoms with Gasteiger partial charge in [-0.15, -0.1) is 0 Å². The number of hydrogen-bond acceptors (Lipinski definition) is 3. The van der Waals surface area contributed by atoms with Crippen LogP contribution in [0.5, 0.6) is 0 Å². The first-order valence-electron chi connectivity index (χ1n) is 4.78. The van der Waals surface area contributed by atoms with Gasteiger partial charge in [-0.05, 0) is 37.8 Å². The summed E-state index contributed by atoms with van der Waals surface area (Å²) in [5, 5.41) is 3.29. The molecule has 1 fully saturated rings. The molecule has 0 spiro atoms. The topological polar surface area (TPSA) is 58.2 Å². The van der Waals surface area contributed by atoms with Gasteiger partial charge >= 0.3 is 0 Å². The fourth-order valence-electron chi connectivity index (χ4n) is 1.80. The predicted molar refractivity (Wildman–Crippen MR) is 53.1 cm³/mol. The summed E-state index contributed by atoms with van der Waals surface area (Å²) >= 11 is 0. The van der Waals surface area contributed by atoms with Crippen LogP contribution in [-0.4, -0.2) is 28.1 Å². The Morgan fingerprint density at radius 2 is 2.08 bits per heavy atom. The van der Waals surface area contributed by atoms with Gasteiger partial charge in [-0.1, -0.05) is 6.92 Å². The Bertz CT molecular complexity index is 204. The fraction of sp³-hybridized carbons (Fsp3) is 1.00. The molecule has 1 atom stereocenters. The molecule has 0 saturated carbocycles. The van der Waals surface area contributed by atoms with E-state index in [-0.39, 0.29) is 0 Å². The standard InChI is InChI=1S/C8H18N2O2S/c1-7(6-10-13(11)12)8-2-4-9-5-3-8/h7-9,13H,2-6H2,1H3,(H,10,11,12). The van der Waals surface area contributed by atoms with Crippen LogP contribution in [0.25, 0.3) is 0 Å². The molecule has 0 aliphatic carbocycles. The lowest BCUT2D eigenvalue weighted by atomic mass is 9.86. The summed E-state index contributed by atoms with van der Waals surface area (Å²) < 4.78 is 23.1. The van der Waals surface area contributed by atoms with Gasteiger partial charge in [0.05, 0.1) is 0 Å². The third kappa shape index (κ3) is 4.06. The summed E-state index contributed by atoms with van der Waals surface area (Å²) in [5.74, 6) is 1.12. The molecule has 0 radical (unpaired) electrons. The minimum atomic E-state index is -2.42. The van der Waals surface area contributed by atoms with Crippen molar-refractivity contribution < 1.29 is 8.42 Å². The molecule has 1 rings (SSSR count). The molecule has 0 aromatic rings. The first-order valence-corrected chi connectivity index (χ1v) is 5.96. The first-order chi connectivity index (χ1) is 6.20. The SMILES string of the molecule is CC(CN[SH](=O)=O)C1CCNCC1. The Morgan fingerprint density at radius 3 is 2.62 bits per heavy atom. The van der Waals surface area contributed by atoms with Gasteiger partial charge in [0.2, 0.25) is 10.9 Å². The molecule has 0 amide bonds. The zero-order valence-electron chi connectivity index (χ0n) is 7.95. The average molecular weight is 206 g/mol. The highest BCUT2D eigenvalue weighted by atomic mass is 32.2. The number of hydrogen-bond donors (Lipinski definition) is 3. The Balaban J connectivity index is 2.24. The molecule has 0 bridgehead atoms. The molecule has 0 aromatic carbocycles. The normalized spacial score (nSPS) is 22.0. The minimum absolute atomic E-state index is 0.454. The van der Waals surface area contributed by atoms with Crippen LogP contribution in [0.3, 0.4) is 0 Å². The molecule has 78 valence electrons. The second kappa shape index (κ2) is 5.57. The maximum absolute atomic E-state index is 10.3. The van der Waals surface area contributed by atoms with E-state index < -0.39 is 10.9 Å². The summed E-state index contributed by atoms with van der Waals surface area (Å²) in [7, 11) is -2.42. The maximum atomic E-state index is 10.3. The minimum Gasteiger partial charge on any atom is -0.317 e. The molecule has 1 unspecified atom stereocenters. The van der Waals surface area contributed by atoms with E-state index in [1.54, 1.807) is 0 Å². The molecular formula is C8H18N2O2S. The Hall–Kier alpha value is -0.130. The molecule has 1 aliphatic heterocycles. The average Bonchev–Trinajstić information content (AvgIpc) is 2.15. The molecule has 1 aliphatic rings. The second-order valence-corrected chi connectivity index (χ2v) is 4.51. The number of piperidine rings is 1. The van der Waals surface area contributed by atoms with Crippen LogP contribution < -0.4 is 10.0 Å². The molecule has 2 N–H and O–H groups in total. The van der Waals surface area contributed by atoms with Crippen molar-refractivity contribution in [1.29, 1.82) is 0 Å². The number of thiol groups is 1. The Morgan fingerprint density at radius 1 is 1.46 bits per heavy atom. The van der Waals surface area contributed by atoms with Gasteiger partial charge in [-0.3, -0.25) is 0 Å². The van der Waals surface area contributed by atoms with Gasteiger partial charge in [-0.2, -0.15) is 0 Å². The zero-order valence-corrected chi connectivity index (χ0v) is 8.85. The van der Waals surface area contributed by atoms with E-state index in [2.05, 4.69) is 17.0 Å². The summed E-state index contributed by atoms with van der Waals surface area (Å²) in [5.41, 5.74) is 0. The van der Waals surface area contributed by atoms with Crippen LogP contribution in [0, 0.1) is 11.8 Å². The van der Waals surface area contributed by atoms with Crippen molar-refractivity contribution in [3.05, 3.63) is 0 Å². The second-order valence-electron chi connectivity index (χ2n) is 3.68. The van der Waals surface area contributed by atoms with Gasteiger partial charge in [0, 0.05) is 6.54 Å². The molecule has 5 heteroatoms. The summed E-state index contributed by atoms with van der Waals surface area (Å²) in [6.07, 6.45) is 2.33. The van der Waals surface area contributed by atoms with Gasteiger partial charge in [0.25, 0.3) is 0 Å². The van der Waals surface area contributed by atoms with Crippen LogP contribution in [0.4, 0.5) is 0 Å². The number of rotatable bonds is 4.